The fourth-order valence-electron chi connectivity index (χ4n) is 5.23. The van der Waals surface area contributed by atoms with Gasteiger partial charge in [0, 0.05) is 7.05 Å². The first-order valence-corrected chi connectivity index (χ1v) is 9.47. The summed E-state index contributed by atoms with van der Waals surface area (Å²) in [5.74, 6) is 0.754. The zero-order chi connectivity index (χ0) is 17.8. The molecule has 0 radical (unpaired) electrons. The molecule has 2 saturated heterocycles. The lowest BCUT2D eigenvalue weighted by Gasteiger charge is -2.47. The van der Waals surface area contributed by atoms with E-state index in [9.17, 15) is 14.4 Å². The van der Waals surface area contributed by atoms with Gasteiger partial charge in [0.2, 0.25) is 0 Å². The molecule has 0 aromatic rings. The summed E-state index contributed by atoms with van der Waals surface area (Å²) < 4.78 is 0. The molecule has 5 rings (SSSR count). The smallest absolute Gasteiger partial charge is 0.313 e. The first kappa shape index (κ1) is 16.8. The van der Waals surface area contributed by atoms with E-state index >= 15 is 0 Å². The van der Waals surface area contributed by atoms with E-state index in [1.54, 1.807) is 11.9 Å². The van der Waals surface area contributed by atoms with Crippen LogP contribution in [-0.2, 0) is 9.59 Å². The Morgan fingerprint density at radius 1 is 1.28 bits per heavy atom. The number of hydrogen-bond donors (Lipinski definition) is 1. The third-order valence-corrected chi connectivity index (χ3v) is 6.95. The molecule has 2 heterocycles. The van der Waals surface area contributed by atoms with Crippen molar-refractivity contribution >= 4 is 17.7 Å². The maximum atomic E-state index is 13.2. The number of imide groups is 1. The minimum Gasteiger partial charge on any atom is -0.313 e. The van der Waals surface area contributed by atoms with Crippen LogP contribution >= 0.6 is 0 Å². The van der Waals surface area contributed by atoms with Crippen LogP contribution < -0.4 is 5.32 Å². The van der Waals surface area contributed by atoms with Crippen molar-refractivity contribution in [2.24, 2.45) is 17.8 Å². The number of Topliss-reactive ketones (excluding diaryl/α,β-unsaturated/α-hetero) is 1. The SMILES string of the molecule is CN1C(=O)N(CC(=O)C2CCCN2)C(=O)C1(C)C1C[C@H]2C=C[C@@H]1CC2. The molecule has 3 aliphatic carbocycles. The van der Waals surface area contributed by atoms with Gasteiger partial charge in [-0.1, -0.05) is 12.2 Å². The second-order valence-corrected chi connectivity index (χ2v) is 8.22. The third-order valence-electron chi connectivity index (χ3n) is 6.95. The maximum absolute atomic E-state index is 13.2. The molecule has 0 aromatic heterocycles. The minimum absolute atomic E-state index is 0.0538. The predicted octanol–water partition coefficient (Wildman–Crippen LogP) is 1.56. The second-order valence-electron chi connectivity index (χ2n) is 8.22. The summed E-state index contributed by atoms with van der Waals surface area (Å²) >= 11 is 0. The number of carbonyl (C=O) groups is 3. The lowest BCUT2D eigenvalue weighted by molar-refractivity contribution is -0.139. The standard InChI is InChI=1S/C19H27N3O3/c1-19(14-10-12-5-7-13(14)8-6-12)17(24)22(18(25)21(19)2)11-16(23)15-4-3-9-20-15/h5,7,12-15,20H,3-4,6,8-11H2,1-2H3/t12-,13+,14?,15?,19?/m0/s1. The summed E-state index contributed by atoms with van der Waals surface area (Å²) in [5, 5.41) is 3.16. The van der Waals surface area contributed by atoms with Gasteiger partial charge in [-0.25, -0.2) is 4.79 Å². The van der Waals surface area contributed by atoms with E-state index in [-0.39, 0.29) is 36.2 Å². The monoisotopic (exact) mass is 345 g/mol. The summed E-state index contributed by atoms with van der Waals surface area (Å²) in [6, 6.07) is -0.546. The largest absolute Gasteiger partial charge is 0.327 e. The molecule has 5 atom stereocenters. The van der Waals surface area contributed by atoms with E-state index in [2.05, 4.69) is 17.5 Å². The van der Waals surface area contributed by atoms with Crippen LogP contribution in [0.3, 0.4) is 0 Å². The first-order valence-electron chi connectivity index (χ1n) is 9.47. The average Bonchev–Trinajstić information content (AvgIpc) is 3.23. The van der Waals surface area contributed by atoms with E-state index in [0.717, 1.165) is 32.2 Å². The van der Waals surface area contributed by atoms with Crippen LogP contribution in [0.15, 0.2) is 12.2 Å². The first-order chi connectivity index (χ1) is 11.9. The van der Waals surface area contributed by atoms with E-state index in [1.807, 2.05) is 6.92 Å². The van der Waals surface area contributed by atoms with Crippen molar-refractivity contribution in [1.82, 2.24) is 15.1 Å². The van der Waals surface area contributed by atoms with Crippen LogP contribution in [0.2, 0.25) is 0 Å². The Morgan fingerprint density at radius 3 is 2.64 bits per heavy atom. The average molecular weight is 345 g/mol. The van der Waals surface area contributed by atoms with E-state index in [4.69, 9.17) is 0 Å². The van der Waals surface area contributed by atoms with Crippen molar-refractivity contribution < 1.29 is 14.4 Å². The highest BCUT2D eigenvalue weighted by Crippen LogP contribution is 2.49. The van der Waals surface area contributed by atoms with Crippen molar-refractivity contribution in [3.8, 4) is 0 Å². The highest BCUT2D eigenvalue weighted by Gasteiger charge is 2.59. The molecule has 1 N–H and O–H groups in total. The Balaban J connectivity index is 1.56. The number of carbonyl (C=O) groups excluding carboxylic acids is 3. The molecular formula is C19H27N3O3. The molecule has 5 aliphatic rings. The summed E-state index contributed by atoms with van der Waals surface area (Å²) in [5.41, 5.74) is -0.839. The van der Waals surface area contributed by atoms with Gasteiger partial charge in [-0.2, -0.15) is 0 Å². The highest BCUT2D eigenvalue weighted by atomic mass is 16.2. The lowest BCUT2D eigenvalue weighted by atomic mass is 9.62. The van der Waals surface area contributed by atoms with Crippen molar-refractivity contribution in [2.45, 2.75) is 50.6 Å². The number of rotatable bonds is 4. The molecule has 0 aromatic carbocycles. The van der Waals surface area contributed by atoms with Gasteiger partial charge in [-0.05, 0) is 63.3 Å². The Kier molecular flexibility index (Phi) is 3.98. The van der Waals surface area contributed by atoms with Crippen molar-refractivity contribution in [2.75, 3.05) is 20.1 Å². The van der Waals surface area contributed by atoms with Gasteiger partial charge in [0.05, 0.1) is 12.6 Å². The van der Waals surface area contributed by atoms with Crippen LogP contribution in [0.25, 0.3) is 0 Å². The van der Waals surface area contributed by atoms with Gasteiger partial charge in [0.25, 0.3) is 5.91 Å². The fourth-order valence-corrected chi connectivity index (χ4v) is 5.23. The molecule has 3 unspecified atom stereocenters. The topological polar surface area (TPSA) is 69.7 Å². The van der Waals surface area contributed by atoms with Crippen LogP contribution in [-0.4, -0.2) is 59.2 Å². The van der Waals surface area contributed by atoms with Crippen LogP contribution in [0.1, 0.15) is 39.0 Å². The van der Waals surface area contributed by atoms with Gasteiger partial charge in [0.1, 0.15) is 5.54 Å². The molecule has 3 amide bonds. The molecule has 3 fully saturated rings. The number of urea groups is 1. The quantitative estimate of drug-likeness (QED) is 0.620. The Morgan fingerprint density at radius 2 is 2.08 bits per heavy atom. The molecule has 0 spiro atoms. The van der Waals surface area contributed by atoms with E-state index < -0.39 is 5.54 Å². The molecule has 6 nitrogen and oxygen atoms in total. The molecular weight excluding hydrogens is 318 g/mol. The number of ketones is 1. The molecule has 6 heteroatoms. The van der Waals surface area contributed by atoms with Crippen LogP contribution in [0, 0.1) is 17.8 Å². The number of nitrogens with zero attached hydrogens (tertiary/aromatic N) is 2. The predicted molar refractivity (Wildman–Crippen MR) is 92.8 cm³/mol. The summed E-state index contributed by atoms with van der Waals surface area (Å²) in [6.45, 7) is 2.62. The Hall–Kier alpha value is -1.69. The molecule has 136 valence electrons. The van der Waals surface area contributed by atoms with Crippen LogP contribution in [0.4, 0.5) is 4.79 Å². The summed E-state index contributed by atoms with van der Waals surface area (Å²) in [6.07, 6.45) is 9.47. The molecule has 2 aliphatic heterocycles. The number of amides is 3. The van der Waals surface area contributed by atoms with Gasteiger partial charge < -0.3 is 10.2 Å². The molecule has 2 bridgehead atoms. The summed E-state index contributed by atoms with van der Waals surface area (Å²) in [4.78, 5) is 41.3. The minimum atomic E-state index is -0.839. The zero-order valence-corrected chi connectivity index (χ0v) is 15.0. The molecule has 1 saturated carbocycles. The summed E-state index contributed by atoms with van der Waals surface area (Å²) in [7, 11) is 1.71. The number of fused-ring (bicyclic) bond motifs is 2. The Bertz CT molecular complexity index is 640. The lowest BCUT2D eigenvalue weighted by Crippen LogP contribution is -2.55. The van der Waals surface area contributed by atoms with Gasteiger partial charge in [-0.3, -0.25) is 14.5 Å². The Labute approximate surface area is 148 Å². The second kappa shape index (κ2) is 5.94. The van der Waals surface area contributed by atoms with Gasteiger partial charge >= 0.3 is 6.03 Å². The van der Waals surface area contributed by atoms with Crippen molar-refractivity contribution in [1.29, 1.82) is 0 Å². The zero-order valence-electron chi connectivity index (χ0n) is 15.0. The van der Waals surface area contributed by atoms with Crippen LogP contribution in [0.5, 0.6) is 0 Å². The van der Waals surface area contributed by atoms with Gasteiger partial charge in [0.15, 0.2) is 5.78 Å². The highest BCUT2D eigenvalue weighted by molar-refractivity contribution is 6.09. The number of nitrogens with one attached hydrogen (secondary N) is 1. The normalized spacial score (nSPS) is 40.4. The van der Waals surface area contributed by atoms with Gasteiger partial charge in [-0.15, -0.1) is 0 Å². The van der Waals surface area contributed by atoms with Crippen molar-refractivity contribution in [3.05, 3.63) is 12.2 Å². The third kappa shape index (κ3) is 2.45. The maximum Gasteiger partial charge on any atom is 0.327 e. The van der Waals surface area contributed by atoms with Crippen molar-refractivity contribution in [3.63, 3.8) is 0 Å². The number of likely N-dealkylation sites (N-methyl/N-ethyl adjacent to an activating group) is 1. The van der Waals surface area contributed by atoms with E-state index in [0.29, 0.717) is 11.8 Å². The molecule has 25 heavy (non-hydrogen) atoms. The number of hydrogen-bond acceptors (Lipinski definition) is 4. The number of allylic oxidation sites excluding steroid dienone is 2. The van der Waals surface area contributed by atoms with E-state index in [1.165, 1.54) is 11.3 Å². The fraction of sp³-hybridized carbons (Fsp3) is 0.737.